The zero-order valence-electron chi connectivity index (χ0n) is 10.3. The molecule has 88 valence electrons. The van der Waals surface area contributed by atoms with Crippen LogP contribution in [0.1, 0.15) is 37.8 Å². The molecule has 0 saturated carbocycles. The molecule has 2 heteroatoms. The minimum atomic E-state index is 0.116. The SMILES string of the molecule is Cc1cccc(O)c1CCCC(=O)C(C)C. The number of carbonyl (C=O) groups excluding carboxylic acids is 1. The van der Waals surface area contributed by atoms with Crippen LogP contribution in [0.5, 0.6) is 5.75 Å². The van der Waals surface area contributed by atoms with Gasteiger partial charge in [-0.15, -0.1) is 0 Å². The number of hydrogen-bond donors (Lipinski definition) is 1. The van der Waals surface area contributed by atoms with E-state index in [9.17, 15) is 9.90 Å². The second-order valence-corrected chi connectivity index (χ2v) is 4.55. The van der Waals surface area contributed by atoms with Crippen LogP contribution in [0.2, 0.25) is 0 Å². The molecule has 0 spiro atoms. The van der Waals surface area contributed by atoms with Crippen LogP contribution in [0.15, 0.2) is 18.2 Å². The van der Waals surface area contributed by atoms with E-state index in [2.05, 4.69) is 0 Å². The lowest BCUT2D eigenvalue weighted by Gasteiger charge is -2.08. The highest BCUT2D eigenvalue weighted by Crippen LogP contribution is 2.22. The molecule has 0 unspecified atom stereocenters. The standard InChI is InChI=1S/C14H20O2/c1-10(2)13(15)8-5-7-12-11(3)6-4-9-14(12)16/h4,6,9-10,16H,5,7-8H2,1-3H3. The van der Waals surface area contributed by atoms with E-state index in [4.69, 9.17) is 0 Å². The maximum Gasteiger partial charge on any atom is 0.135 e. The van der Waals surface area contributed by atoms with Gasteiger partial charge in [0, 0.05) is 12.3 Å². The van der Waals surface area contributed by atoms with Crippen LogP contribution in [-0.2, 0) is 11.2 Å². The van der Waals surface area contributed by atoms with Crippen molar-refractivity contribution < 1.29 is 9.90 Å². The number of carbonyl (C=O) groups is 1. The van der Waals surface area contributed by atoms with Crippen LogP contribution >= 0.6 is 0 Å². The molecule has 0 fully saturated rings. The number of aromatic hydroxyl groups is 1. The monoisotopic (exact) mass is 220 g/mol. The second-order valence-electron chi connectivity index (χ2n) is 4.55. The fourth-order valence-corrected chi connectivity index (χ4v) is 1.74. The lowest BCUT2D eigenvalue weighted by molar-refractivity contribution is -0.121. The summed E-state index contributed by atoms with van der Waals surface area (Å²) >= 11 is 0. The number of phenols is 1. The Hall–Kier alpha value is -1.31. The molecule has 0 radical (unpaired) electrons. The molecule has 0 aromatic heterocycles. The van der Waals surface area contributed by atoms with E-state index in [0.717, 1.165) is 24.0 Å². The Morgan fingerprint density at radius 1 is 1.38 bits per heavy atom. The van der Waals surface area contributed by atoms with Crippen molar-refractivity contribution in [2.24, 2.45) is 5.92 Å². The van der Waals surface area contributed by atoms with E-state index in [1.165, 1.54) is 0 Å². The van der Waals surface area contributed by atoms with Crippen molar-refractivity contribution in [3.63, 3.8) is 0 Å². The smallest absolute Gasteiger partial charge is 0.135 e. The molecule has 2 nitrogen and oxygen atoms in total. The van der Waals surface area contributed by atoms with E-state index in [1.807, 2.05) is 32.9 Å². The average molecular weight is 220 g/mol. The first-order valence-corrected chi connectivity index (χ1v) is 5.82. The molecular weight excluding hydrogens is 200 g/mol. The van der Waals surface area contributed by atoms with Gasteiger partial charge in [-0.25, -0.2) is 0 Å². The Balaban J connectivity index is 2.52. The highest BCUT2D eigenvalue weighted by molar-refractivity contribution is 5.80. The lowest BCUT2D eigenvalue weighted by Crippen LogP contribution is -2.07. The largest absolute Gasteiger partial charge is 0.508 e. The van der Waals surface area contributed by atoms with Gasteiger partial charge in [0.1, 0.15) is 11.5 Å². The Morgan fingerprint density at radius 3 is 2.62 bits per heavy atom. The molecule has 0 bridgehead atoms. The molecule has 1 aromatic carbocycles. The second kappa shape index (κ2) is 5.69. The summed E-state index contributed by atoms with van der Waals surface area (Å²) < 4.78 is 0. The average Bonchev–Trinajstić information content (AvgIpc) is 2.22. The molecule has 0 heterocycles. The molecule has 1 N–H and O–H groups in total. The molecule has 0 aliphatic carbocycles. The topological polar surface area (TPSA) is 37.3 Å². The van der Waals surface area contributed by atoms with Crippen molar-refractivity contribution >= 4 is 5.78 Å². The van der Waals surface area contributed by atoms with Gasteiger partial charge in [-0.2, -0.15) is 0 Å². The normalized spacial score (nSPS) is 10.8. The number of benzene rings is 1. The third-order valence-corrected chi connectivity index (χ3v) is 2.88. The van der Waals surface area contributed by atoms with E-state index < -0.39 is 0 Å². The van der Waals surface area contributed by atoms with Crippen molar-refractivity contribution in [3.05, 3.63) is 29.3 Å². The first kappa shape index (κ1) is 12.8. The Labute approximate surface area is 97.3 Å². The van der Waals surface area contributed by atoms with Gasteiger partial charge in [-0.3, -0.25) is 4.79 Å². The third kappa shape index (κ3) is 3.37. The predicted octanol–water partition coefficient (Wildman–Crippen LogP) is 3.25. The number of ketones is 1. The van der Waals surface area contributed by atoms with Crippen molar-refractivity contribution in [2.45, 2.75) is 40.0 Å². The van der Waals surface area contributed by atoms with Crippen LogP contribution in [0.25, 0.3) is 0 Å². The number of phenolic OH excluding ortho intramolecular Hbond substituents is 1. The summed E-state index contributed by atoms with van der Waals surface area (Å²) in [5, 5.41) is 9.68. The first-order chi connectivity index (χ1) is 7.52. The molecule has 0 atom stereocenters. The molecule has 0 aliphatic heterocycles. The minimum Gasteiger partial charge on any atom is -0.508 e. The summed E-state index contributed by atoms with van der Waals surface area (Å²) in [6.07, 6.45) is 2.19. The summed E-state index contributed by atoms with van der Waals surface area (Å²) in [4.78, 5) is 11.4. The molecule has 0 amide bonds. The Morgan fingerprint density at radius 2 is 2.06 bits per heavy atom. The quantitative estimate of drug-likeness (QED) is 0.827. The Kier molecular flexibility index (Phi) is 4.53. The lowest BCUT2D eigenvalue weighted by atomic mass is 9.98. The number of hydrogen-bond acceptors (Lipinski definition) is 2. The van der Waals surface area contributed by atoms with Gasteiger partial charge >= 0.3 is 0 Å². The minimum absolute atomic E-state index is 0.116. The first-order valence-electron chi connectivity index (χ1n) is 5.82. The van der Waals surface area contributed by atoms with Crippen LogP contribution in [0.4, 0.5) is 0 Å². The summed E-state index contributed by atoms with van der Waals surface area (Å²) in [5.74, 6) is 0.760. The van der Waals surface area contributed by atoms with Crippen molar-refractivity contribution in [1.29, 1.82) is 0 Å². The number of aryl methyl sites for hydroxylation is 1. The van der Waals surface area contributed by atoms with Gasteiger partial charge in [0.25, 0.3) is 0 Å². The predicted molar refractivity (Wildman–Crippen MR) is 65.6 cm³/mol. The third-order valence-electron chi connectivity index (χ3n) is 2.88. The Bertz CT molecular complexity index is 347. The van der Waals surface area contributed by atoms with E-state index in [-0.39, 0.29) is 5.92 Å². The molecule has 0 saturated heterocycles. The summed E-state index contributed by atoms with van der Waals surface area (Å²) in [7, 11) is 0. The molecule has 1 rings (SSSR count). The number of Topliss-reactive ketones (excluding diaryl/α,β-unsaturated/α-hetero) is 1. The van der Waals surface area contributed by atoms with Gasteiger partial charge in [0.15, 0.2) is 0 Å². The van der Waals surface area contributed by atoms with Crippen LogP contribution in [-0.4, -0.2) is 10.9 Å². The van der Waals surface area contributed by atoms with Crippen molar-refractivity contribution in [2.75, 3.05) is 0 Å². The van der Waals surface area contributed by atoms with E-state index in [1.54, 1.807) is 6.07 Å². The molecular formula is C14H20O2. The van der Waals surface area contributed by atoms with Gasteiger partial charge in [0.2, 0.25) is 0 Å². The fourth-order valence-electron chi connectivity index (χ4n) is 1.74. The molecule has 1 aromatic rings. The maximum absolute atomic E-state index is 11.4. The maximum atomic E-state index is 11.4. The van der Waals surface area contributed by atoms with Gasteiger partial charge < -0.3 is 5.11 Å². The number of rotatable bonds is 5. The summed E-state index contributed by atoms with van der Waals surface area (Å²) in [6.45, 7) is 5.83. The fraction of sp³-hybridized carbons (Fsp3) is 0.500. The highest BCUT2D eigenvalue weighted by atomic mass is 16.3. The van der Waals surface area contributed by atoms with E-state index in [0.29, 0.717) is 18.0 Å². The molecule has 0 aliphatic rings. The summed E-state index contributed by atoms with van der Waals surface area (Å²) in [6, 6.07) is 5.53. The van der Waals surface area contributed by atoms with Gasteiger partial charge in [-0.1, -0.05) is 26.0 Å². The highest BCUT2D eigenvalue weighted by Gasteiger charge is 2.09. The van der Waals surface area contributed by atoms with Crippen LogP contribution in [0, 0.1) is 12.8 Å². The van der Waals surface area contributed by atoms with E-state index >= 15 is 0 Å². The van der Waals surface area contributed by atoms with Crippen molar-refractivity contribution in [1.82, 2.24) is 0 Å². The van der Waals surface area contributed by atoms with Gasteiger partial charge in [-0.05, 0) is 37.0 Å². The zero-order valence-corrected chi connectivity index (χ0v) is 10.3. The van der Waals surface area contributed by atoms with Crippen LogP contribution < -0.4 is 0 Å². The summed E-state index contributed by atoms with van der Waals surface area (Å²) in [5.41, 5.74) is 2.07. The van der Waals surface area contributed by atoms with Crippen molar-refractivity contribution in [3.8, 4) is 5.75 Å². The van der Waals surface area contributed by atoms with Crippen LogP contribution in [0.3, 0.4) is 0 Å². The van der Waals surface area contributed by atoms with Gasteiger partial charge in [0.05, 0.1) is 0 Å². The zero-order chi connectivity index (χ0) is 12.1. The molecule has 16 heavy (non-hydrogen) atoms.